The molecular formula is C13H6F3IN4O2. The minimum absolute atomic E-state index is 0.220. The lowest BCUT2D eigenvalue weighted by Gasteiger charge is -2.26. The maximum Gasteiger partial charge on any atom is 0.482 e. The second-order valence-corrected chi connectivity index (χ2v) is 5.80. The van der Waals surface area contributed by atoms with Gasteiger partial charge in [-0.25, -0.2) is 4.39 Å². The van der Waals surface area contributed by atoms with E-state index in [2.05, 4.69) is 9.84 Å². The molecule has 3 rings (SSSR count). The van der Waals surface area contributed by atoms with Gasteiger partial charge in [-0.3, -0.25) is 9.48 Å². The molecule has 0 saturated heterocycles. The van der Waals surface area contributed by atoms with E-state index in [1.807, 2.05) is 27.9 Å². The van der Waals surface area contributed by atoms with Gasteiger partial charge in [-0.2, -0.15) is 19.1 Å². The Bertz CT molecular complexity index is 869. The summed E-state index contributed by atoms with van der Waals surface area (Å²) in [5.74, 6) is -3.17. The fraction of sp³-hybridized carbons (Fsp3) is 0.154. The van der Waals surface area contributed by atoms with E-state index in [4.69, 9.17) is 0 Å². The molecule has 0 fully saturated rings. The maximum absolute atomic E-state index is 14.5. The van der Waals surface area contributed by atoms with Gasteiger partial charge in [0.2, 0.25) is 0 Å². The number of fused-ring (bicyclic) bond motifs is 1. The Morgan fingerprint density at radius 3 is 2.78 bits per heavy atom. The minimum Gasteiger partial charge on any atom is -0.422 e. The number of carbonyl (C=O) groups is 1. The molecule has 0 aliphatic carbocycles. The van der Waals surface area contributed by atoms with E-state index < -0.39 is 29.1 Å². The zero-order valence-electron chi connectivity index (χ0n) is 11.3. The Kier molecular flexibility index (Phi) is 3.47. The van der Waals surface area contributed by atoms with Crippen LogP contribution in [0.4, 0.5) is 18.9 Å². The Balaban J connectivity index is 2.33. The van der Waals surface area contributed by atoms with Crippen LogP contribution in [0.3, 0.4) is 0 Å². The molecule has 118 valence electrons. The minimum atomic E-state index is -4.15. The molecule has 0 spiro atoms. The molecule has 0 saturated carbocycles. The summed E-state index contributed by atoms with van der Waals surface area (Å²) in [6, 6.07) is 2.50. The van der Waals surface area contributed by atoms with Gasteiger partial charge < -0.3 is 10.1 Å². The number of nitrogens with zero attached hydrogens (tertiary/aromatic N) is 3. The number of benzene rings is 1. The van der Waals surface area contributed by atoms with Crippen molar-refractivity contribution in [2.75, 3.05) is 5.32 Å². The van der Waals surface area contributed by atoms with Crippen LogP contribution in [0.5, 0.6) is 5.75 Å². The molecule has 1 aromatic heterocycles. The number of hydrogen-bond donors (Lipinski definition) is 1. The van der Waals surface area contributed by atoms with Crippen LogP contribution in [0.2, 0.25) is 0 Å². The lowest BCUT2D eigenvalue weighted by atomic mass is 10.0. The average molecular weight is 434 g/mol. The highest BCUT2D eigenvalue weighted by Gasteiger charge is 2.48. The van der Waals surface area contributed by atoms with Crippen LogP contribution in [-0.2, 0) is 11.8 Å². The van der Waals surface area contributed by atoms with E-state index >= 15 is 0 Å². The molecule has 0 atom stereocenters. The Hall–Kier alpha value is -2.29. The van der Waals surface area contributed by atoms with Gasteiger partial charge in [-0.05, 0) is 22.6 Å². The molecule has 0 unspecified atom stereocenters. The lowest BCUT2D eigenvalue weighted by molar-refractivity contribution is -0.189. The summed E-state index contributed by atoms with van der Waals surface area (Å²) in [6.07, 6.45) is -2.71. The molecule has 0 radical (unpaired) electrons. The quantitative estimate of drug-likeness (QED) is 0.701. The van der Waals surface area contributed by atoms with Crippen LogP contribution < -0.4 is 10.1 Å². The number of aromatic nitrogens is 2. The first kappa shape index (κ1) is 15.6. The van der Waals surface area contributed by atoms with Crippen LogP contribution in [0.15, 0.2) is 12.3 Å². The fourth-order valence-corrected chi connectivity index (χ4v) is 2.97. The molecule has 6 nitrogen and oxygen atoms in total. The van der Waals surface area contributed by atoms with Gasteiger partial charge in [0.25, 0.3) is 0 Å². The number of amides is 1. The van der Waals surface area contributed by atoms with E-state index in [1.54, 1.807) is 6.07 Å². The summed E-state index contributed by atoms with van der Waals surface area (Å²) in [6.45, 7) is 0. The van der Waals surface area contributed by atoms with Crippen molar-refractivity contribution in [2.45, 2.75) is 6.11 Å². The van der Waals surface area contributed by atoms with Gasteiger partial charge in [-0.1, -0.05) is 0 Å². The number of carbonyl (C=O) groups excluding carboxylic acids is 1. The third kappa shape index (κ3) is 2.31. The van der Waals surface area contributed by atoms with Gasteiger partial charge in [0.15, 0.2) is 5.75 Å². The number of nitrogens with one attached hydrogen (secondary N) is 1. The second-order valence-electron chi connectivity index (χ2n) is 4.63. The monoisotopic (exact) mass is 434 g/mol. The first-order chi connectivity index (χ1) is 10.8. The van der Waals surface area contributed by atoms with Gasteiger partial charge in [0.05, 0.1) is 26.7 Å². The van der Waals surface area contributed by atoms with E-state index in [0.717, 1.165) is 6.07 Å². The van der Waals surface area contributed by atoms with Crippen molar-refractivity contribution < 1.29 is 22.7 Å². The van der Waals surface area contributed by atoms with Gasteiger partial charge in [0.1, 0.15) is 17.4 Å². The first-order valence-corrected chi connectivity index (χ1v) is 7.17. The van der Waals surface area contributed by atoms with Crippen molar-refractivity contribution in [3.63, 3.8) is 0 Å². The van der Waals surface area contributed by atoms with Crippen LogP contribution >= 0.6 is 22.6 Å². The smallest absolute Gasteiger partial charge is 0.422 e. The molecule has 10 heteroatoms. The number of aryl methyl sites for hydroxylation is 1. The molecule has 1 amide bonds. The number of hydrogen-bond acceptors (Lipinski definition) is 4. The summed E-state index contributed by atoms with van der Waals surface area (Å²) < 4.78 is 47.6. The number of alkyl halides is 2. The van der Waals surface area contributed by atoms with Crippen molar-refractivity contribution in [3.05, 3.63) is 27.2 Å². The summed E-state index contributed by atoms with van der Waals surface area (Å²) in [7, 11) is 1.52. The number of anilines is 1. The summed E-state index contributed by atoms with van der Waals surface area (Å²) in [5, 5.41) is 15.1. The molecule has 2 heterocycles. The first-order valence-electron chi connectivity index (χ1n) is 6.09. The van der Waals surface area contributed by atoms with Crippen LogP contribution in [0, 0.1) is 20.7 Å². The molecule has 0 bridgehead atoms. The van der Waals surface area contributed by atoms with Crippen molar-refractivity contribution in [1.29, 1.82) is 5.26 Å². The predicted molar refractivity (Wildman–Crippen MR) is 80.2 cm³/mol. The molecule has 23 heavy (non-hydrogen) atoms. The number of ether oxygens (including phenoxy) is 1. The van der Waals surface area contributed by atoms with E-state index in [0.29, 0.717) is 3.57 Å². The summed E-state index contributed by atoms with van der Waals surface area (Å²) in [5.41, 5.74) is -0.744. The Labute approximate surface area is 141 Å². The lowest BCUT2D eigenvalue weighted by Crippen LogP contribution is -2.43. The van der Waals surface area contributed by atoms with Crippen molar-refractivity contribution in [2.24, 2.45) is 7.05 Å². The van der Waals surface area contributed by atoms with Gasteiger partial charge >= 0.3 is 12.0 Å². The van der Waals surface area contributed by atoms with Crippen LogP contribution in [-0.4, -0.2) is 21.8 Å². The second kappa shape index (κ2) is 5.12. The average Bonchev–Trinajstić information content (AvgIpc) is 2.79. The third-order valence-corrected chi connectivity index (χ3v) is 4.01. The molecule has 2 aromatic rings. The highest BCUT2D eigenvalue weighted by atomic mass is 127. The molecule has 1 aliphatic rings. The van der Waals surface area contributed by atoms with Crippen molar-refractivity contribution in [1.82, 2.24) is 9.78 Å². The Morgan fingerprint density at radius 1 is 1.52 bits per heavy atom. The highest BCUT2D eigenvalue weighted by Crippen LogP contribution is 2.44. The van der Waals surface area contributed by atoms with Gasteiger partial charge in [0, 0.05) is 13.1 Å². The predicted octanol–water partition coefficient (Wildman–Crippen LogP) is 2.63. The van der Waals surface area contributed by atoms with Crippen molar-refractivity contribution in [3.8, 4) is 23.1 Å². The fourth-order valence-electron chi connectivity index (χ4n) is 2.23. The standard InChI is InChI=1S/C13H6F3IN4O2/c1-21-10(7(17)4-19-21)9-5(3-18)11-8(2-6(9)14)20-12(22)13(15,16)23-11/h2,4H,1H3,(H,20,22). The Morgan fingerprint density at radius 2 is 2.22 bits per heavy atom. The van der Waals surface area contributed by atoms with E-state index in [9.17, 15) is 23.2 Å². The molecule has 1 N–H and O–H groups in total. The van der Waals surface area contributed by atoms with E-state index in [1.165, 1.54) is 17.9 Å². The van der Waals surface area contributed by atoms with Gasteiger partial charge in [-0.15, -0.1) is 0 Å². The zero-order valence-corrected chi connectivity index (χ0v) is 13.5. The number of halogens is 4. The molecular weight excluding hydrogens is 428 g/mol. The number of rotatable bonds is 1. The normalized spacial score (nSPS) is 15.4. The topological polar surface area (TPSA) is 79.9 Å². The van der Waals surface area contributed by atoms with Crippen LogP contribution in [0.1, 0.15) is 5.56 Å². The zero-order chi connectivity index (χ0) is 16.9. The highest BCUT2D eigenvalue weighted by molar-refractivity contribution is 14.1. The SMILES string of the molecule is Cn1ncc(I)c1-c1c(F)cc2c(c1C#N)OC(F)(F)C(=O)N2. The maximum atomic E-state index is 14.5. The molecule has 1 aliphatic heterocycles. The van der Waals surface area contributed by atoms with Crippen molar-refractivity contribution >= 4 is 34.2 Å². The third-order valence-electron chi connectivity index (χ3n) is 3.22. The van der Waals surface area contributed by atoms with Crippen LogP contribution in [0.25, 0.3) is 11.3 Å². The summed E-state index contributed by atoms with van der Waals surface area (Å²) in [4.78, 5) is 11.2. The number of nitriles is 1. The largest absolute Gasteiger partial charge is 0.482 e. The molecule has 1 aromatic carbocycles. The van der Waals surface area contributed by atoms with E-state index in [-0.39, 0.29) is 16.9 Å². The summed E-state index contributed by atoms with van der Waals surface area (Å²) >= 11 is 1.88.